The predicted molar refractivity (Wildman–Crippen MR) is 138 cm³/mol. The quantitative estimate of drug-likeness (QED) is 0.199. The third-order valence-electron chi connectivity index (χ3n) is 10.9. The maximum Gasteiger partial charge on any atom is 0.307 e. The van der Waals surface area contributed by atoms with Crippen LogP contribution in [0.4, 0.5) is 0 Å². The zero-order valence-electron chi connectivity index (χ0n) is 22.0. The second-order valence-corrected chi connectivity index (χ2v) is 13.5. The van der Waals surface area contributed by atoms with E-state index in [9.17, 15) is 4.79 Å². The number of carbonyl (C=O) groups is 1. The Kier molecular flexibility index (Phi) is 7.94. The third kappa shape index (κ3) is 4.94. The van der Waals surface area contributed by atoms with E-state index in [0.29, 0.717) is 23.1 Å². The van der Waals surface area contributed by atoms with Crippen LogP contribution in [0.5, 0.6) is 0 Å². The third-order valence-corrected chi connectivity index (χ3v) is 11.0. The van der Waals surface area contributed by atoms with E-state index in [1.807, 2.05) is 0 Å². The summed E-state index contributed by atoms with van der Waals surface area (Å²) >= 11 is 5.73. The second kappa shape index (κ2) is 10.2. The van der Waals surface area contributed by atoms with Crippen molar-refractivity contribution in [1.29, 1.82) is 0 Å². The molecule has 0 aromatic heterocycles. The second-order valence-electron chi connectivity index (χ2n) is 13.1. The normalized spacial score (nSPS) is 41.1. The van der Waals surface area contributed by atoms with Gasteiger partial charge in [-0.15, -0.1) is 11.6 Å². The summed E-state index contributed by atoms with van der Waals surface area (Å²) in [4.78, 5) is 12.0. The summed E-state index contributed by atoms with van der Waals surface area (Å²) in [6.07, 6.45) is 17.3. The monoisotopic (exact) mass is 476 g/mol. The lowest BCUT2D eigenvalue weighted by Gasteiger charge is -2.58. The van der Waals surface area contributed by atoms with Crippen LogP contribution in [0.25, 0.3) is 0 Å². The molecule has 33 heavy (non-hydrogen) atoms. The molecule has 0 radical (unpaired) electrons. The van der Waals surface area contributed by atoms with Crippen LogP contribution < -0.4 is 0 Å². The molecule has 0 saturated heterocycles. The van der Waals surface area contributed by atoms with Crippen molar-refractivity contribution in [1.82, 2.24) is 0 Å². The topological polar surface area (TPSA) is 26.3 Å². The Balaban J connectivity index is 1.43. The number of ether oxygens (including phenoxy) is 1. The number of hydrogen-bond donors (Lipinski definition) is 0. The summed E-state index contributed by atoms with van der Waals surface area (Å²) in [5.74, 6) is 5.45. The van der Waals surface area contributed by atoms with Crippen molar-refractivity contribution in [3.8, 4) is 0 Å². The van der Waals surface area contributed by atoms with E-state index in [1.165, 1.54) is 57.8 Å². The zero-order valence-corrected chi connectivity index (χ0v) is 22.8. The standard InChI is InChI=1S/C30H49ClO2/c1-20(2)7-6-8-21(3)25-11-12-26-24-10-9-22-19-23(33-28(32)15-18-31)13-16-29(22,4)27(24)14-17-30(25,26)5/h9,20-21,23-27H,6-8,10-19H2,1-5H3/t21-,23+,24-,25+,26-,27-,29+,30-/m1/s1. The van der Waals surface area contributed by atoms with Crippen molar-refractivity contribution in [2.45, 2.75) is 118 Å². The molecule has 4 aliphatic carbocycles. The molecule has 0 aliphatic heterocycles. The highest BCUT2D eigenvalue weighted by atomic mass is 35.5. The summed E-state index contributed by atoms with van der Waals surface area (Å²) in [7, 11) is 0. The van der Waals surface area contributed by atoms with Crippen molar-refractivity contribution in [2.24, 2.45) is 46.3 Å². The smallest absolute Gasteiger partial charge is 0.307 e. The Morgan fingerprint density at radius 1 is 1.09 bits per heavy atom. The number of allylic oxidation sites excluding steroid dienone is 1. The average Bonchev–Trinajstić information content (AvgIpc) is 3.11. The van der Waals surface area contributed by atoms with Gasteiger partial charge in [-0.2, -0.15) is 0 Å². The summed E-state index contributed by atoms with van der Waals surface area (Å²) in [6, 6.07) is 0. The highest BCUT2D eigenvalue weighted by molar-refractivity contribution is 6.18. The fraction of sp³-hybridized carbons (Fsp3) is 0.900. The van der Waals surface area contributed by atoms with Gasteiger partial charge in [-0.05, 0) is 91.3 Å². The van der Waals surface area contributed by atoms with E-state index >= 15 is 0 Å². The highest BCUT2D eigenvalue weighted by Crippen LogP contribution is 2.67. The molecule has 8 atom stereocenters. The summed E-state index contributed by atoms with van der Waals surface area (Å²) in [5, 5.41) is 0. The molecular formula is C30H49ClO2. The highest BCUT2D eigenvalue weighted by Gasteiger charge is 2.59. The van der Waals surface area contributed by atoms with Crippen LogP contribution >= 0.6 is 11.6 Å². The molecule has 0 aromatic carbocycles. The van der Waals surface area contributed by atoms with Crippen LogP contribution in [0, 0.1) is 46.3 Å². The van der Waals surface area contributed by atoms with Gasteiger partial charge in [0.1, 0.15) is 6.10 Å². The van der Waals surface area contributed by atoms with E-state index in [4.69, 9.17) is 16.3 Å². The van der Waals surface area contributed by atoms with Crippen LogP contribution in [-0.2, 0) is 9.53 Å². The molecule has 0 heterocycles. The van der Waals surface area contributed by atoms with Gasteiger partial charge >= 0.3 is 5.97 Å². The van der Waals surface area contributed by atoms with Gasteiger partial charge in [-0.25, -0.2) is 0 Å². The minimum atomic E-state index is -0.124. The van der Waals surface area contributed by atoms with E-state index in [2.05, 4.69) is 40.7 Å². The first-order chi connectivity index (χ1) is 15.7. The fourth-order valence-electron chi connectivity index (χ4n) is 9.07. The number of hydrogen-bond acceptors (Lipinski definition) is 2. The zero-order chi connectivity index (χ0) is 23.8. The van der Waals surface area contributed by atoms with Crippen molar-refractivity contribution < 1.29 is 9.53 Å². The molecule has 3 saturated carbocycles. The van der Waals surface area contributed by atoms with Gasteiger partial charge in [0.2, 0.25) is 0 Å². The molecule has 2 nitrogen and oxygen atoms in total. The van der Waals surface area contributed by atoms with E-state index in [-0.39, 0.29) is 12.1 Å². The molecule has 0 unspecified atom stereocenters. The molecule has 4 rings (SSSR count). The summed E-state index contributed by atoms with van der Waals surface area (Å²) in [6.45, 7) is 12.5. The number of alkyl halides is 1. The predicted octanol–water partition coefficient (Wildman–Crippen LogP) is 8.57. The molecule has 3 fully saturated rings. The molecule has 4 aliphatic rings. The molecule has 3 heteroatoms. The van der Waals surface area contributed by atoms with Gasteiger partial charge in [0.05, 0.1) is 6.42 Å². The van der Waals surface area contributed by atoms with Crippen molar-refractivity contribution in [2.75, 3.05) is 5.88 Å². The summed E-state index contributed by atoms with van der Waals surface area (Å²) < 4.78 is 5.77. The Morgan fingerprint density at radius 3 is 2.61 bits per heavy atom. The number of esters is 1. The first-order valence-electron chi connectivity index (χ1n) is 14.1. The van der Waals surface area contributed by atoms with Gasteiger partial charge in [0.15, 0.2) is 0 Å². The molecule has 0 bridgehead atoms. The maximum atomic E-state index is 12.0. The number of carbonyl (C=O) groups excluding carboxylic acids is 1. The van der Waals surface area contributed by atoms with E-state index < -0.39 is 0 Å². The SMILES string of the molecule is CC(C)CCC[C@@H](C)[C@@H]1CC[C@@H]2[C@H]3CC=C4C[C@@H](OC(=O)CCCl)CC[C@]4(C)[C@@H]3CC[C@@]21C. The summed E-state index contributed by atoms with van der Waals surface area (Å²) in [5.41, 5.74) is 2.47. The van der Waals surface area contributed by atoms with Gasteiger partial charge < -0.3 is 4.74 Å². The lowest BCUT2D eigenvalue weighted by Crippen LogP contribution is -2.51. The van der Waals surface area contributed by atoms with Crippen LogP contribution in [0.15, 0.2) is 11.6 Å². The first kappa shape index (κ1) is 25.6. The average molecular weight is 477 g/mol. The molecule has 0 amide bonds. The maximum absolute atomic E-state index is 12.0. The lowest BCUT2D eigenvalue weighted by atomic mass is 9.47. The van der Waals surface area contributed by atoms with Crippen molar-refractivity contribution in [3.63, 3.8) is 0 Å². The number of rotatable bonds is 8. The van der Waals surface area contributed by atoms with Gasteiger partial charge in [0.25, 0.3) is 0 Å². The van der Waals surface area contributed by atoms with E-state index in [1.54, 1.807) is 5.57 Å². The minimum Gasteiger partial charge on any atom is -0.462 e. The molecule has 0 spiro atoms. The van der Waals surface area contributed by atoms with Gasteiger partial charge in [0, 0.05) is 12.3 Å². The van der Waals surface area contributed by atoms with Crippen molar-refractivity contribution >= 4 is 17.6 Å². The molecule has 188 valence electrons. The minimum absolute atomic E-state index is 0.0630. The van der Waals surface area contributed by atoms with Crippen molar-refractivity contribution in [3.05, 3.63) is 11.6 Å². The molecular weight excluding hydrogens is 428 g/mol. The molecule has 0 N–H and O–H groups in total. The number of halogens is 1. The van der Waals surface area contributed by atoms with Crippen LogP contribution in [0.1, 0.15) is 112 Å². The Hall–Kier alpha value is -0.500. The van der Waals surface area contributed by atoms with E-state index in [0.717, 1.165) is 48.3 Å². The first-order valence-corrected chi connectivity index (χ1v) is 14.7. The fourth-order valence-corrected chi connectivity index (χ4v) is 9.23. The molecule has 0 aromatic rings. The Labute approximate surface area is 208 Å². The van der Waals surface area contributed by atoms with Gasteiger partial charge in [-0.1, -0.05) is 65.5 Å². The Morgan fingerprint density at radius 2 is 1.88 bits per heavy atom. The van der Waals surface area contributed by atoms with Crippen LogP contribution in [-0.4, -0.2) is 18.0 Å². The van der Waals surface area contributed by atoms with Gasteiger partial charge in [-0.3, -0.25) is 4.79 Å². The van der Waals surface area contributed by atoms with Crippen LogP contribution in [0.3, 0.4) is 0 Å². The van der Waals surface area contributed by atoms with Crippen LogP contribution in [0.2, 0.25) is 0 Å². The number of fused-ring (bicyclic) bond motifs is 5. The largest absolute Gasteiger partial charge is 0.462 e. The Bertz CT molecular complexity index is 729. The lowest BCUT2D eigenvalue weighted by molar-refractivity contribution is -0.151.